The molecule has 3 atom stereocenters. The van der Waals surface area contributed by atoms with Crippen molar-refractivity contribution in [1.82, 2.24) is 4.90 Å². The van der Waals surface area contributed by atoms with Gasteiger partial charge in [0.15, 0.2) is 0 Å². The quantitative estimate of drug-likeness (QED) is 0.739. The van der Waals surface area contributed by atoms with Gasteiger partial charge in [0.2, 0.25) is 0 Å². The molecule has 0 aromatic carbocycles. The first kappa shape index (κ1) is 12.0. The van der Waals surface area contributed by atoms with E-state index in [9.17, 15) is 5.11 Å². The van der Waals surface area contributed by atoms with Crippen LogP contribution in [0, 0.1) is 5.92 Å². The zero-order chi connectivity index (χ0) is 10.8. The van der Waals surface area contributed by atoms with Crippen molar-refractivity contribution >= 4 is 0 Å². The molecule has 0 saturated carbocycles. The molecular formula is C11H23NO2. The molecule has 3 heteroatoms. The lowest BCUT2D eigenvalue weighted by Crippen LogP contribution is -2.53. The Morgan fingerprint density at radius 3 is 2.57 bits per heavy atom. The molecule has 14 heavy (non-hydrogen) atoms. The van der Waals surface area contributed by atoms with Crippen molar-refractivity contribution < 1.29 is 9.84 Å². The third kappa shape index (κ3) is 2.10. The minimum atomic E-state index is -0.287. The lowest BCUT2D eigenvalue weighted by molar-refractivity contribution is -0.0354. The summed E-state index contributed by atoms with van der Waals surface area (Å²) in [6.45, 7) is 5.76. The summed E-state index contributed by atoms with van der Waals surface area (Å²) in [7, 11) is 4.06. The second-order valence-electron chi connectivity index (χ2n) is 4.67. The molecule has 84 valence electrons. The number of hydrogen-bond donors (Lipinski definition) is 1. The number of aliphatic hydroxyl groups excluding tert-OH is 1. The fourth-order valence-corrected chi connectivity index (χ4v) is 2.10. The van der Waals surface area contributed by atoms with Crippen LogP contribution in [-0.4, -0.2) is 49.0 Å². The molecule has 0 aromatic rings. The minimum Gasteiger partial charge on any atom is -0.391 e. The largest absolute Gasteiger partial charge is 0.391 e. The lowest BCUT2D eigenvalue weighted by atomic mass is 9.82. The number of hydrogen-bond acceptors (Lipinski definition) is 3. The van der Waals surface area contributed by atoms with Crippen LogP contribution in [0.4, 0.5) is 0 Å². The zero-order valence-electron chi connectivity index (χ0n) is 9.79. The second-order valence-corrected chi connectivity index (χ2v) is 4.67. The standard InChI is InChI=1S/C11H23NO2/c1-5-11(2,12(3)4)10(13)9-6-7-14-8-9/h9-10,13H,5-8H2,1-4H3. The SMILES string of the molecule is CCC(C)(C(O)C1CCOC1)N(C)C. The molecule has 0 bridgehead atoms. The van der Waals surface area contributed by atoms with Crippen LogP contribution in [0.1, 0.15) is 26.7 Å². The monoisotopic (exact) mass is 201 g/mol. The van der Waals surface area contributed by atoms with Crippen LogP contribution in [0.3, 0.4) is 0 Å². The Bertz CT molecular complexity index is 178. The Kier molecular flexibility index (Phi) is 3.93. The van der Waals surface area contributed by atoms with Gasteiger partial charge in [-0.05, 0) is 33.9 Å². The predicted molar refractivity (Wildman–Crippen MR) is 57.3 cm³/mol. The summed E-state index contributed by atoms with van der Waals surface area (Å²) in [5, 5.41) is 10.3. The Hall–Kier alpha value is -0.120. The molecule has 0 spiro atoms. The molecule has 1 rings (SSSR count). The van der Waals surface area contributed by atoms with Gasteiger partial charge in [-0.25, -0.2) is 0 Å². The maximum absolute atomic E-state index is 10.3. The predicted octanol–water partition coefficient (Wildman–Crippen LogP) is 1.11. The van der Waals surface area contributed by atoms with E-state index in [4.69, 9.17) is 4.74 Å². The minimum absolute atomic E-state index is 0.127. The Morgan fingerprint density at radius 1 is 1.57 bits per heavy atom. The summed E-state index contributed by atoms with van der Waals surface area (Å²) in [5.74, 6) is 0.308. The molecule has 1 heterocycles. The van der Waals surface area contributed by atoms with Crippen LogP contribution in [-0.2, 0) is 4.74 Å². The molecule has 3 nitrogen and oxygen atoms in total. The van der Waals surface area contributed by atoms with Gasteiger partial charge in [-0.3, -0.25) is 0 Å². The summed E-state index contributed by atoms with van der Waals surface area (Å²) in [5.41, 5.74) is -0.127. The van der Waals surface area contributed by atoms with Gasteiger partial charge in [-0.15, -0.1) is 0 Å². The van der Waals surface area contributed by atoms with Crippen LogP contribution in [0.25, 0.3) is 0 Å². The van der Waals surface area contributed by atoms with Crippen LogP contribution >= 0.6 is 0 Å². The molecule has 0 aliphatic carbocycles. The van der Waals surface area contributed by atoms with E-state index in [-0.39, 0.29) is 11.6 Å². The molecule has 0 radical (unpaired) electrons. The van der Waals surface area contributed by atoms with Gasteiger partial charge < -0.3 is 14.7 Å². The average Bonchev–Trinajstić information content (AvgIpc) is 2.67. The van der Waals surface area contributed by atoms with E-state index < -0.39 is 0 Å². The van der Waals surface area contributed by atoms with E-state index in [0.717, 1.165) is 19.4 Å². The van der Waals surface area contributed by atoms with Gasteiger partial charge in [-0.1, -0.05) is 6.92 Å². The van der Waals surface area contributed by atoms with Gasteiger partial charge in [-0.2, -0.15) is 0 Å². The van der Waals surface area contributed by atoms with Gasteiger partial charge >= 0.3 is 0 Å². The van der Waals surface area contributed by atoms with Crippen molar-refractivity contribution in [3.05, 3.63) is 0 Å². The van der Waals surface area contributed by atoms with Crippen LogP contribution < -0.4 is 0 Å². The van der Waals surface area contributed by atoms with E-state index >= 15 is 0 Å². The number of rotatable bonds is 4. The number of ether oxygens (including phenoxy) is 1. The Labute approximate surface area is 87.1 Å². The van der Waals surface area contributed by atoms with Gasteiger partial charge in [0, 0.05) is 18.1 Å². The van der Waals surface area contributed by atoms with Crippen molar-refractivity contribution in [2.45, 2.75) is 38.3 Å². The number of aliphatic hydroxyl groups is 1. The van der Waals surface area contributed by atoms with Gasteiger partial charge in [0.25, 0.3) is 0 Å². The highest BCUT2D eigenvalue weighted by atomic mass is 16.5. The fraction of sp³-hybridized carbons (Fsp3) is 1.00. The first-order valence-corrected chi connectivity index (χ1v) is 5.45. The summed E-state index contributed by atoms with van der Waals surface area (Å²) < 4.78 is 5.32. The molecule has 0 amide bonds. The highest BCUT2D eigenvalue weighted by molar-refractivity contribution is 4.93. The summed E-state index contributed by atoms with van der Waals surface area (Å²) in [6, 6.07) is 0. The maximum Gasteiger partial charge on any atom is 0.0771 e. The topological polar surface area (TPSA) is 32.7 Å². The summed E-state index contributed by atoms with van der Waals surface area (Å²) >= 11 is 0. The second kappa shape index (κ2) is 4.60. The fourth-order valence-electron chi connectivity index (χ4n) is 2.10. The molecule has 1 N–H and O–H groups in total. The van der Waals surface area contributed by atoms with E-state index in [1.54, 1.807) is 0 Å². The van der Waals surface area contributed by atoms with Crippen LogP contribution in [0.15, 0.2) is 0 Å². The molecule has 1 saturated heterocycles. The van der Waals surface area contributed by atoms with Gasteiger partial charge in [0.1, 0.15) is 0 Å². The molecule has 3 unspecified atom stereocenters. The number of nitrogens with zero attached hydrogens (tertiary/aromatic N) is 1. The zero-order valence-corrected chi connectivity index (χ0v) is 9.79. The highest BCUT2D eigenvalue weighted by Crippen LogP contribution is 2.30. The van der Waals surface area contributed by atoms with E-state index in [1.165, 1.54) is 0 Å². The first-order valence-electron chi connectivity index (χ1n) is 5.45. The van der Waals surface area contributed by atoms with Crippen molar-refractivity contribution in [2.75, 3.05) is 27.3 Å². The normalized spacial score (nSPS) is 29.1. The molecule has 1 aliphatic rings. The van der Waals surface area contributed by atoms with E-state index in [0.29, 0.717) is 12.5 Å². The maximum atomic E-state index is 10.3. The Morgan fingerprint density at radius 2 is 2.21 bits per heavy atom. The third-order valence-electron chi connectivity index (χ3n) is 3.79. The van der Waals surface area contributed by atoms with Crippen molar-refractivity contribution in [3.8, 4) is 0 Å². The van der Waals surface area contributed by atoms with E-state index in [2.05, 4.69) is 18.7 Å². The molecule has 1 fully saturated rings. The van der Waals surface area contributed by atoms with Crippen LogP contribution in [0.5, 0.6) is 0 Å². The molecule has 0 aromatic heterocycles. The third-order valence-corrected chi connectivity index (χ3v) is 3.79. The molecular weight excluding hydrogens is 178 g/mol. The van der Waals surface area contributed by atoms with Gasteiger partial charge in [0.05, 0.1) is 12.7 Å². The van der Waals surface area contributed by atoms with Crippen molar-refractivity contribution in [3.63, 3.8) is 0 Å². The Balaban J connectivity index is 2.67. The summed E-state index contributed by atoms with van der Waals surface area (Å²) in [4.78, 5) is 2.12. The van der Waals surface area contributed by atoms with Crippen molar-refractivity contribution in [1.29, 1.82) is 0 Å². The lowest BCUT2D eigenvalue weighted by Gasteiger charge is -2.42. The first-order chi connectivity index (χ1) is 6.52. The number of likely N-dealkylation sites (N-methyl/N-ethyl adjacent to an activating group) is 1. The van der Waals surface area contributed by atoms with Crippen molar-refractivity contribution in [2.24, 2.45) is 5.92 Å². The van der Waals surface area contributed by atoms with Crippen LogP contribution in [0.2, 0.25) is 0 Å². The summed E-state index contributed by atoms with van der Waals surface area (Å²) in [6.07, 6.45) is 1.66. The average molecular weight is 201 g/mol. The highest BCUT2D eigenvalue weighted by Gasteiger charge is 2.39. The van der Waals surface area contributed by atoms with E-state index in [1.807, 2.05) is 14.1 Å². The smallest absolute Gasteiger partial charge is 0.0771 e. The molecule has 1 aliphatic heterocycles.